The maximum Gasteiger partial charge on any atom is 0.159 e. The Morgan fingerprint density at radius 1 is 0.886 bits per heavy atom. The molecule has 0 radical (unpaired) electrons. The lowest BCUT2D eigenvalue weighted by Gasteiger charge is -2.43. The second-order valence-electron chi connectivity index (χ2n) is 10.7. The van der Waals surface area contributed by atoms with Crippen LogP contribution < -0.4 is 4.90 Å². The Hall–Kier alpha value is -2.08. The number of ether oxygens (including phenoxy) is 3. The van der Waals surface area contributed by atoms with Gasteiger partial charge in [-0.3, -0.25) is 0 Å². The predicted octanol–water partition coefficient (Wildman–Crippen LogP) is 6.40. The summed E-state index contributed by atoms with van der Waals surface area (Å²) in [5, 5.41) is 10.2. The molecule has 1 N–H and O–H groups in total. The highest BCUT2D eigenvalue weighted by molar-refractivity contribution is 5.51. The van der Waals surface area contributed by atoms with E-state index in [1.54, 1.807) is 14.2 Å². The average Bonchev–Trinajstić information content (AvgIpc) is 2.91. The average molecular weight is 480 g/mol. The van der Waals surface area contributed by atoms with Crippen LogP contribution in [0.3, 0.4) is 0 Å². The van der Waals surface area contributed by atoms with Gasteiger partial charge in [0.2, 0.25) is 0 Å². The van der Waals surface area contributed by atoms with Crippen molar-refractivity contribution in [3.05, 3.63) is 59.2 Å². The van der Waals surface area contributed by atoms with Crippen molar-refractivity contribution in [1.82, 2.24) is 0 Å². The molecule has 1 aliphatic carbocycles. The topological polar surface area (TPSA) is 51.2 Å². The fraction of sp³-hybridized carbons (Fsp3) is 0.600. The second kappa shape index (κ2) is 10.9. The van der Waals surface area contributed by atoms with Crippen molar-refractivity contribution in [2.24, 2.45) is 11.8 Å². The smallest absolute Gasteiger partial charge is 0.159 e. The SMILES string of the molecule is COC(OC)C1CCN(c2ccc([C@H]3c4ccc(O)cc4[C@H](C)O[C@@H]3C3CCCCC3)cc2)CC1. The van der Waals surface area contributed by atoms with Crippen molar-refractivity contribution < 1.29 is 19.3 Å². The van der Waals surface area contributed by atoms with Gasteiger partial charge in [0, 0.05) is 44.8 Å². The van der Waals surface area contributed by atoms with Gasteiger partial charge in [-0.2, -0.15) is 0 Å². The molecule has 0 spiro atoms. The number of phenols is 1. The fourth-order valence-electron chi connectivity index (χ4n) is 6.78. The third kappa shape index (κ3) is 5.09. The van der Waals surface area contributed by atoms with E-state index in [9.17, 15) is 5.11 Å². The van der Waals surface area contributed by atoms with Gasteiger partial charge in [-0.05, 0) is 79.5 Å². The maximum atomic E-state index is 10.2. The van der Waals surface area contributed by atoms with Crippen LogP contribution in [0.15, 0.2) is 42.5 Å². The minimum absolute atomic E-state index is 0.00359. The molecule has 0 bridgehead atoms. The molecular formula is C30H41NO4. The molecule has 2 fully saturated rings. The summed E-state index contributed by atoms with van der Waals surface area (Å²) in [6, 6.07) is 15.1. The molecule has 5 nitrogen and oxygen atoms in total. The van der Waals surface area contributed by atoms with Crippen molar-refractivity contribution in [2.45, 2.75) is 76.3 Å². The Kier molecular flexibility index (Phi) is 7.66. The van der Waals surface area contributed by atoms with E-state index in [1.165, 1.54) is 48.9 Å². The molecule has 5 rings (SSSR count). The Morgan fingerprint density at radius 3 is 2.23 bits per heavy atom. The maximum absolute atomic E-state index is 10.2. The molecule has 3 aliphatic rings. The summed E-state index contributed by atoms with van der Waals surface area (Å²) in [5.74, 6) is 1.56. The van der Waals surface area contributed by atoms with Gasteiger partial charge in [-0.15, -0.1) is 0 Å². The Balaban J connectivity index is 1.38. The largest absolute Gasteiger partial charge is 0.508 e. The predicted molar refractivity (Wildman–Crippen MR) is 139 cm³/mol. The first-order valence-electron chi connectivity index (χ1n) is 13.5. The number of anilines is 1. The lowest BCUT2D eigenvalue weighted by atomic mass is 9.72. The zero-order valence-corrected chi connectivity index (χ0v) is 21.5. The molecule has 1 saturated heterocycles. The van der Waals surface area contributed by atoms with Crippen molar-refractivity contribution in [3.8, 4) is 5.75 Å². The zero-order valence-electron chi connectivity index (χ0n) is 21.5. The Morgan fingerprint density at radius 2 is 1.57 bits per heavy atom. The molecule has 3 atom stereocenters. The molecule has 2 heterocycles. The summed E-state index contributed by atoms with van der Waals surface area (Å²) in [4.78, 5) is 2.48. The number of rotatable bonds is 6. The first kappa shape index (κ1) is 24.6. The van der Waals surface area contributed by atoms with E-state index in [0.717, 1.165) is 31.5 Å². The number of aromatic hydroxyl groups is 1. The highest BCUT2D eigenvalue weighted by Gasteiger charge is 2.40. The number of piperidine rings is 1. The Bertz CT molecular complexity index is 959. The van der Waals surface area contributed by atoms with Crippen molar-refractivity contribution >= 4 is 5.69 Å². The number of hydrogen-bond donors (Lipinski definition) is 1. The summed E-state index contributed by atoms with van der Waals surface area (Å²) < 4.78 is 17.7. The molecule has 0 aromatic heterocycles. The number of methoxy groups -OCH3 is 2. The molecule has 2 aromatic carbocycles. The van der Waals surface area contributed by atoms with E-state index < -0.39 is 0 Å². The van der Waals surface area contributed by atoms with E-state index in [1.807, 2.05) is 12.1 Å². The summed E-state index contributed by atoms with van der Waals surface area (Å²) in [6.07, 6.45) is 8.67. The van der Waals surface area contributed by atoms with E-state index in [2.05, 4.69) is 42.2 Å². The highest BCUT2D eigenvalue weighted by atomic mass is 16.7. The van der Waals surface area contributed by atoms with Gasteiger partial charge in [0.25, 0.3) is 0 Å². The minimum Gasteiger partial charge on any atom is -0.508 e. The lowest BCUT2D eigenvalue weighted by Crippen LogP contribution is -2.39. The third-order valence-corrected chi connectivity index (χ3v) is 8.65. The summed E-state index contributed by atoms with van der Waals surface area (Å²) in [5.41, 5.74) is 5.04. The number of fused-ring (bicyclic) bond motifs is 1. The van der Waals surface area contributed by atoms with E-state index >= 15 is 0 Å². The number of hydrogen-bond acceptors (Lipinski definition) is 5. The van der Waals surface area contributed by atoms with Crippen LogP contribution in [0.5, 0.6) is 5.75 Å². The van der Waals surface area contributed by atoms with Crippen molar-refractivity contribution in [3.63, 3.8) is 0 Å². The van der Waals surface area contributed by atoms with Gasteiger partial charge in [-0.1, -0.05) is 37.5 Å². The molecule has 0 unspecified atom stereocenters. The van der Waals surface area contributed by atoms with Crippen molar-refractivity contribution in [2.75, 3.05) is 32.2 Å². The van der Waals surface area contributed by atoms with Crippen molar-refractivity contribution in [1.29, 1.82) is 0 Å². The number of benzene rings is 2. The van der Waals surface area contributed by atoms with Crippen LogP contribution in [-0.4, -0.2) is 44.8 Å². The quantitative estimate of drug-likeness (QED) is 0.486. The molecule has 2 aromatic rings. The van der Waals surface area contributed by atoms with Gasteiger partial charge >= 0.3 is 0 Å². The molecule has 2 aliphatic heterocycles. The minimum atomic E-state index is -0.107. The van der Waals surface area contributed by atoms with Gasteiger partial charge < -0.3 is 24.2 Å². The first-order valence-corrected chi connectivity index (χ1v) is 13.5. The molecule has 35 heavy (non-hydrogen) atoms. The second-order valence-corrected chi connectivity index (χ2v) is 10.7. The highest BCUT2D eigenvalue weighted by Crippen LogP contribution is 2.47. The molecule has 0 amide bonds. The monoisotopic (exact) mass is 479 g/mol. The van der Waals surface area contributed by atoms with E-state index in [-0.39, 0.29) is 24.4 Å². The molecule has 1 saturated carbocycles. The van der Waals surface area contributed by atoms with Crippen LogP contribution in [0.25, 0.3) is 0 Å². The van der Waals surface area contributed by atoms with Crippen LogP contribution in [-0.2, 0) is 14.2 Å². The van der Waals surface area contributed by atoms with Crippen LogP contribution in [0.1, 0.15) is 80.6 Å². The summed E-state index contributed by atoms with van der Waals surface area (Å²) in [6.45, 7) is 4.17. The third-order valence-electron chi connectivity index (χ3n) is 8.65. The number of nitrogens with zero attached hydrogens (tertiary/aromatic N) is 1. The van der Waals surface area contributed by atoms with Gasteiger partial charge in [0.15, 0.2) is 6.29 Å². The molecular weight excluding hydrogens is 438 g/mol. The van der Waals surface area contributed by atoms with Gasteiger partial charge in [0.1, 0.15) is 5.75 Å². The van der Waals surface area contributed by atoms with E-state index in [4.69, 9.17) is 14.2 Å². The lowest BCUT2D eigenvalue weighted by molar-refractivity contribution is -0.141. The summed E-state index contributed by atoms with van der Waals surface area (Å²) >= 11 is 0. The standard InChI is InChI=1S/C30H41NO4/c1-20-27-19-25(32)13-14-26(27)28(29(35-20)22-7-5-4-6-8-22)21-9-11-24(12-10-21)31-17-15-23(16-18-31)30(33-2)34-3/h9-14,19-20,22-23,28-30,32H,4-8,15-18H2,1-3H3/t20-,28-,29+/m0/s1. The summed E-state index contributed by atoms with van der Waals surface area (Å²) in [7, 11) is 3.46. The van der Waals surface area contributed by atoms with Crippen LogP contribution in [0, 0.1) is 11.8 Å². The van der Waals surface area contributed by atoms with E-state index in [0.29, 0.717) is 17.6 Å². The van der Waals surface area contributed by atoms with Crippen LogP contribution >= 0.6 is 0 Å². The normalized spacial score (nSPS) is 26.2. The fourth-order valence-corrected chi connectivity index (χ4v) is 6.78. The molecule has 5 heteroatoms. The van der Waals surface area contributed by atoms with Gasteiger partial charge in [0.05, 0.1) is 12.2 Å². The zero-order chi connectivity index (χ0) is 24.4. The van der Waals surface area contributed by atoms with Crippen LogP contribution in [0.2, 0.25) is 0 Å². The van der Waals surface area contributed by atoms with Gasteiger partial charge in [-0.25, -0.2) is 0 Å². The molecule has 190 valence electrons. The van der Waals surface area contributed by atoms with Crippen LogP contribution in [0.4, 0.5) is 5.69 Å². The first-order chi connectivity index (χ1) is 17.1. The number of phenolic OH excluding ortho intramolecular Hbond substituents is 1. The Labute approximate surface area is 210 Å².